The van der Waals surface area contributed by atoms with E-state index in [9.17, 15) is 19.2 Å². The zero-order valence-corrected chi connectivity index (χ0v) is 17.5. The predicted molar refractivity (Wildman–Crippen MR) is 119 cm³/mol. The Morgan fingerprint density at radius 3 is 1.91 bits per heavy atom. The van der Waals surface area contributed by atoms with E-state index in [0.717, 1.165) is 4.90 Å². The second-order valence-electron chi connectivity index (χ2n) is 7.32. The van der Waals surface area contributed by atoms with Crippen molar-refractivity contribution in [3.63, 3.8) is 0 Å². The minimum absolute atomic E-state index is 0.201. The number of carbonyl (C=O) groups excluding carboxylic acids is 4. The van der Waals surface area contributed by atoms with Crippen LogP contribution in [0.2, 0.25) is 0 Å². The number of fused-ring (bicyclic) bond motifs is 1. The Bertz CT molecular complexity index is 1170. The van der Waals surface area contributed by atoms with Gasteiger partial charge in [0.2, 0.25) is 0 Å². The van der Waals surface area contributed by atoms with Crippen LogP contribution < -0.4 is 9.80 Å². The Labute approximate surface area is 184 Å². The summed E-state index contributed by atoms with van der Waals surface area (Å²) in [6.45, 7) is 1.51. The number of anilines is 2. The van der Waals surface area contributed by atoms with Gasteiger partial charge in [-0.1, -0.05) is 30.3 Å². The van der Waals surface area contributed by atoms with Crippen LogP contribution in [0.3, 0.4) is 0 Å². The first-order chi connectivity index (χ1) is 15.4. The van der Waals surface area contributed by atoms with Crippen LogP contribution in [-0.4, -0.2) is 36.8 Å². The van der Waals surface area contributed by atoms with Crippen LogP contribution in [0, 0.1) is 0 Å². The number of hydrogen-bond donors (Lipinski definition) is 0. The molecule has 3 aromatic rings. The number of rotatable bonds is 5. The molecule has 3 amide bonds. The van der Waals surface area contributed by atoms with Crippen LogP contribution >= 0.6 is 0 Å². The molecule has 0 unspecified atom stereocenters. The quantitative estimate of drug-likeness (QED) is 0.457. The molecule has 7 heteroatoms. The largest absolute Gasteiger partial charge is 0.449 e. The standard InChI is InChI=1S/C25H20N2O5/c1-16(22(28)26(2)18-8-4-3-5-9-18)32-25(31)17-12-14-19(15-13-17)27-23(29)20-10-6-7-11-21(20)24(27)30/h3-16H,1-2H3/t16-/m0/s1. The number of ether oxygens (including phenoxy) is 1. The number of carbonyl (C=O) groups is 4. The van der Waals surface area contributed by atoms with Crippen LogP contribution in [0.5, 0.6) is 0 Å². The summed E-state index contributed by atoms with van der Waals surface area (Å²) in [6, 6.07) is 21.6. The molecule has 1 aliphatic heterocycles. The molecule has 0 saturated heterocycles. The highest BCUT2D eigenvalue weighted by Gasteiger charge is 2.36. The Hall–Kier alpha value is -4.26. The molecule has 0 aliphatic carbocycles. The normalized spacial score (nSPS) is 13.5. The lowest BCUT2D eigenvalue weighted by Gasteiger charge is -2.21. The van der Waals surface area contributed by atoms with Gasteiger partial charge in [-0.25, -0.2) is 9.69 Å². The lowest BCUT2D eigenvalue weighted by Crippen LogP contribution is -2.37. The van der Waals surface area contributed by atoms with Gasteiger partial charge in [0.05, 0.1) is 22.4 Å². The summed E-state index contributed by atoms with van der Waals surface area (Å²) in [5.41, 5.74) is 1.92. The second kappa shape index (κ2) is 8.47. The van der Waals surface area contributed by atoms with Gasteiger partial charge < -0.3 is 9.64 Å². The lowest BCUT2D eigenvalue weighted by molar-refractivity contribution is -0.126. The summed E-state index contributed by atoms with van der Waals surface area (Å²) in [6.07, 6.45) is -0.997. The molecule has 0 aromatic heterocycles. The maximum Gasteiger partial charge on any atom is 0.338 e. The molecule has 0 radical (unpaired) electrons. The first-order valence-corrected chi connectivity index (χ1v) is 10.00. The van der Waals surface area contributed by atoms with Gasteiger partial charge in [-0.15, -0.1) is 0 Å². The number of hydrogen-bond acceptors (Lipinski definition) is 5. The molecule has 7 nitrogen and oxygen atoms in total. The zero-order chi connectivity index (χ0) is 22.8. The first-order valence-electron chi connectivity index (χ1n) is 10.00. The molecule has 1 atom stereocenters. The van der Waals surface area contributed by atoms with Gasteiger partial charge in [0.25, 0.3) is 17.7 Å². The van der Waals surface area contributed by atoms with Crippen molar-refractivity contribution < 1.29 is 23.9 Å². The highest BCUT2D eigenvalue weighted by Crippen LogP contribution is 2.28. The van der Waals surface area contributed by atoms with E-state index in [-0.39, 0.29) is 11.5 Å². The van der Waals surface area contributed by atoms with Gasteiger partial charge in [-0.05, 0) is 55.5 Å². The van der Waals surface area contributed by atoms with Gasteiger partial charge in [-0.2, -0.15) is 0 Å². The molecule has 0 N–H and O–H groups in total. The molecular formula is C25H20N2O5. The van der Waals surface area contributed by atoms with Gasteiger partial charge in [-0.3, -0.25) is 14.4 Å². The van der Waals surface area contributed by atoms with Crippen LogP contribution in [-0.2, 0) is 9.53 Å². The van der Waals surface area contributed by atoms with E-state index in [0.29, 0.717) is 22.5 Å². The average molecular weight is 428 g/mol. The van der Waals surface area contributed by atoms with Crippen molar-refractivity contribution in [2.75, 3.05) is 16.8 Å². The molecule has 160 valence electrons. The highest BCUT2D eigenvalue weighted by molar-refractivity contribution is 6.34. The number of nitrogens with zero attached hydrogens (tertiary/aromatic N) is 2. The first kappa shape index (κ1) is 21.0. The summed E-state index contributed by atoms with van der Waals surface area (Å²) < 4.78 is 5.32. The van der Waals surface area contributed by atoms with E-state index < -0.39 is 23.9 Å². The third-order valence-electron chi connectivity index (χ3n) is 5.26. The van der Waals surface area contributed by atoms with Crippen LogP contribution in [0.4, 0.5) is 11.4 Å². The summed E-state index contributed by atoms with van der Waals surface area (Å²) in [7, 11) is 1.61. The lowest BCUT2D eigenvalue weighted by atomic mass is 10.1. The van der Waals surface area contributed by atoms with Crippen LogP contribution in [0.1, 0.15) is 38.0 Å². The molecule has 0 spiro atoms. The number of benzene rings is 3. The molecule has 4 rings (SSSR count). The average Bonchev–Trinajstić information content (AvgIpc) is 3.08. The van der Waals surface area contributed by atoms with Crippen molar-refractivity contribution in [3.8, 4) is 0 Å². The fourth-order valence-corrected chi connectivity index (χ4v) is 3.50. The van der Waals surface area contributed by atoms with Gasteiger partial charge in [0.15, 0.2) is 6.10 Å². The molecule has 0 saturated carbocycles. The Kier molecular flexibility index (Phi) is 5.55. The number of likely N-dealkylation sites (N-methyl/N-ethyl adjacent to an activating group) is 1. The van der Waals surface area contributed by atoms with E-state index in [1.54, 1.807) is 43.4 Å². The summed E-state index contributed by atoms with van der Waals surface area (Å²) in [5.74, 6) is -1.87. The van der Waals surface area contributed by atoms with E-state index in [2.05, 4.69) is 0 Å². The fraction of sp³-hybridized carbons (Fsp3) is 0.120. The topological polar surface area (TPSA) is 84.0 Å². The van der Waals surface area contributed by atoms with Crippen LogP contribution in [0.15, 0.2) is 78.9 Å². The third kappa shape index (κ3) is 3.76. The van der Waals surface area contributed by atoms with Gasteiger partial charge in [0.1, 0.15) is 0 Å². The van der Waals surface area contributed by atoms with Crippen molar-refractivity contribution in [1.29, 1.82) is 0 Å². The Morgan fingerprint density at radius 1 is 0.812 bits per heavy atom. The van der Waals surface area contributed by atoms with Crippen molar-refractivity contribution in [1.82, 2.24) is 0 Å². The monoisotopic (exact) mass is 428 g/mol. The van der Waals surface area contributed by atoms with Crippen molar-refractivity contribution in [3.05, 3.63) is 95.6 Å². The number of esters is 1. The summed E-state index contributed by atoms with van der Waals surface area (Å²) in [5, 5.41) is 0. The maximum atomic E-state index is 12.6. The van der Waals surface area contributed by atoms with Crippen molar-refractivity contribution in [2.45, 2.75) is 13.0 Å². The minimum atomic E-state index is -0.997. The fourth-order valence-electron chi connectivity index (χ4n) is 3.50. The minimum Gasteiger partial charge on any atom is -0.449 e. The van der Waals surface area contributed by atoms with E-state index >= 15 is 0 Å². The highest BCUT2D eigenvalue weighted by atomic mass is 16.5. The number of para-hydroxylation sites is 1. The van der Waals surface area contributed by atoms with Crippen LogP contribution in [0.25, 0.3) is 0 Å². The SMILES string of the molecule is C[C@H](OC(=O)c1ccc(N2C(=O)c3ccccc3C2=O)cc1)C(=O)N(C)c1ccccc1. The van der Waals surface area contributed by atoms with E-state index in [1.807, 2.05) is 18.2 Å². The smallest absolute Gasteiger partial charge is 0.338 e. The Balaban J connectivity index is 1.44. The second-order valence-corrected chi connectivity index (χ2v) is 7.32. The molecular weight excluding hydrogens is 408 g/mol. The van der Waals surface area contributed by atoms with Crippen molar-refractivity contribution in [2.24, 2.45) is 0 Å². The molecule has 0 bridgehead atoms. The number of amides is 3. The van der Waals surface area contributed by atoms with Gasteiger partial charge >= 0.3 is 5.97 Å². The van der Waals surface area contributed by atoms with E-state index in [4.69, 9.17) is 4.74 Å². The molecule has 0 fully saturated rings. The predicted octanol–water partition coefficient (Wildman–Crippen LogP) is 3.70. The third-order valence-corrected chi connectivity index (χ3v) is 5.26. The van der Waals surface area contributed by atoms with Gasteiger partial charge in [0, 0.05) is 12.7 Å². The summed E-state index contributed by atoms with van der Waals surface area (Å²) in [4.78, 5) is 52.8. The van der Waals surface area contributed by atoms with Crippen molar-refractivity contribution >= 4 is 35.1 Å². The molecule has 32 heavy (non-hydrogen) atoms. The number of imide groups is 1. The molecule has 3 aromatic carbocycles. The van der Waals surface area contributed by atoms with E-state index in [1.165, 1.54) is 36.1 Å². The zero-order valence-electron chi connectivity index (χ0n) is 17.5. The maximum absolute atomic E-state index is 12.6. The molecule has 1 heterocycles. The summed E-state index contributed by atoms with van der Waals surface area (Å²) >= 11 is 0. The molecule has 1 aliphatic rings. The Morgan fingerprint density at radius 2 is 1.34 bits per heavy atom.